The number of hydrogen-bond donors (Lipinski definition) is 0. The lowest BCUT2D eigenvalue weighted by Gasteiger charge is -1.92. The molecule has 0 aromatic rings. The fraction of sp³-hybridized carbons (Fsp3) is 0.556. The second kappa shape index (κ2) is 8.77. The summed E-state index contributed by atoms with van der Waals surface area (Å²) in [6.45, 7) is 0. The van der Waals surface area contributed by atoms with Crippen molar-refractivity contribution < 1.29 is 0 Å². The van der Waals surface area contributed by atoms with Crippen molar-refractivity contribution in [1.29, 1.82) is 0 Å². The molecule has 10 heavy (non-hydrogen) atoms. The van der Waals surface area contributed by atoms with Crippen LogP contribution >= 0.6 is 11.6 Å². The van der Waals surface area contributed by atoms with Crippen LogP contribution in [0.1, 0.15) is 25.7 Å². The Morgan fingerprint density at radius 2 is 0.900 bits per heavy atom. The third kappa shape index (κ3) is 5.90. The average molecular weight is 159 g/mol. The van der Waals surface area contributed by atoms with Crippen molar-refractivity contribution in [3.05, 3.63) is 24.3 Å². The summed E-state index contributed by atoms with van der Waals surface area (Å²) >= 11 is 4.64. The number of alkyl halides is 1. The van der Waals surface area contributed by atoms with Crippen LogP contribution in [0.5, 0.6) is 0 Å². The van der Waals surface area contributed by atoms with Gasteiger partial charge in [0.05, 0.1) is 0 Å². The first kappa shape index (κ1) is 9.77. The minimum atomic E-state index is 1.23. The Balaban J connectivity index is 0.000000371. The summed E-state index contributed by atoms with van der Waals surface area (Å²) in [5.74, 6) is 0. The van der Waals surface area contributed by atoms with E-state index >= 15 is 0 Å². The SMILES string of the molecule is C1=CCCC=CCC1.CCl. The Kier molecular flexibility index (Phi) is 8.57. The minimum Gasteiger partial charge on any atom is -0.130 e. The largest absolute Gasteiger partial charge is 0.130 e. The molecule has 0 radical (unpaired) electrons. The third-order valence-electron chi connectivity index (χ3n) is 1.33. The van der Waals surface area contributed by atoms with Crippen LogP contribution in [0.4, 0.5) is 0 Å². The number of halogens is 1. The van der Waals surface area contributed by atoms with Gasteiger partial charge >= 0.3 is 0 Å². The van der Waals surface area contributed by atoms with Gasteiger partial charge in [0.2, 0.25) is 0 Å². The van der Waals surface area contributed by atoms with Gasteiger partial charge in [0, 0.05) is 6.38 Å². The molecule has 0 fully saturated rings. The molecule has 0 nitrogen and oxygen atoms in total. The lowest BCUT2D eigenvalue weighted by molar-refractivity contribution is 0.962. The molecule has 0 N–H and O–H groups in total. The van der Waals surface area contributed by atoms with Gasteiger partial charge < -0.3 is 0 Å². The maximum Gasteiger partial charge on any atom is 0.0108 e. The van der Waals surface area contributed by atoms with Crippen LogP contribution in [-0.4, -0.2) is 6.38 Å². The van der Waals surface area contributed by atoms with Gasteiger partial charge in [-0.25, -0.2) is 0 Å². The Morgan fingerprint density at radius 3 is 1.10 bits per heavy atom. The maximum atomic E-state index is 4.64. The molecule has 1 aliphatic carbocycles. The second-order valence-corrected chi connectivity index (χ2v) is 2.10. The highest BCUT2D eigenvalue weighted by Gasteiger charge is 1.81. The zero-order valence-corrected chi connectivity index (χ0v) is 7.27. The molecular formula is C9H15Cl. The van der Waals surface area contributed by atoms with Gasteiger partial charge in [-0.15, -0.1) is 11.6 Å². The minimum absolute atomic E-state index is 1.23. The van der Waals surface area contributed by atoms with Crippen LogP contribution in [0.2, 0.25) is 0 Å². The van der Waals surface area contributed by atoms with Gasteiger partial charge in [-0.05, 0) is 25.7 Å². The van der Waals surface area contributed by atoms with Gasteiger partial charge in [0.15, 0.2) is 0 Å². The second-order valence-electron chi connectivity index (χ2n) is 2.10. The van der Waals surface area contributed by atoms with E-state index in [-0.39, 0.29) is 0 Å². The monoisotopic (exact) mass is 158 g/mol. The van der Waals surface area contributed by atoms with Crippen LogP contribution in [0.25, 0.3) is 0 Å². The third-order valence-corrected chi connectivity index (χ3v) is 1.33. The lowest BCUT2D eigenvalue weighted by Crippen LogP contribution is -1.71. The first-order chi connectivity index (χ1) is 5.00. The molecule has 0 saturated heterocycles. The first-order valence-electron chi connectivity index (χ1n) is 3.68. The van der Waals surface area contributed by atoms with Gasteiger partial charge in [0.1, 0.15) is 0 Å². The van der Waals surface area contributed by atoms with E-state index in [0.29, 0.717) is 0 Å². The molecule has 0 saturated carbocycles. The molecule has 0 heterocycles. The van der Waals surface area contributed by atoms with E-state index in [1.165, 1.54) is 32.1 Å². The predicted octanol–water partition coefficient (Wildman–Crippen LogP) is 3.53. The molecular weight excluding hydrogens is 144 g/mol. The summed E-state index contributed by atoms with van der Waals surface area (Å²) in [5, 5.41) is 0. The van der Waals surface area contributed by atoms with Crippen LogP contribution in [0, 0.1) is 0 Å². The Labute approximate surface area is 68.6 Å². The molecule has 0 spiro atoms. The van der Waals surface area contributed by atoms with E-state index < -0.39 is 0 Å². The van der Waals surface area contributed by atoms with E-state index in [9.17, 15) is 0 Å². The molecule has 0 amide bonds. The van der Waals surface area contributed by atoms with Crippen molar-refractivity contribution in [3.63, 3.8) is 0 Å². The molecule has 0 aromatic carbocycles. The summed E-state index contributed by atoms with van der Waals surface area (Å²) in [5.41, 5.74) is 0. The first-order valence-corrected chi connectivity index (χ1v) is 4.43. The van der Waals surface area contributed by atoms with Crippen molar-refractivity contribution in [3.8, 4) is 0 Å². The van der Waals surface area contributed by atoms with Gasteiger partial charge in [0.25, 0.3) is 0 Å². The van der Waals surface area contributed by atoms with Crippen molar-refractivity contribution in [1.82, 2.24) is 0 Å². The highest BCUT2D eigenvalue weighted by atomic mass is 35.5. The quantitative estimate of drug-likeness (QED) is 0.374. The van der Waals surface area contributed by atoms with E-state index in [0.717, 1.165) is 0 Å². The normalized spacial score (nSPS) is 16.6. The van der Waals surface area contributed by atoms with Gasteiger partial charge in [-0.3, -0.25) is 0 Å². The molecule has 0 unspecified atom stereocenters. The summed E-state index contributed by atoms with van der Waals surface area (Å²) < 4.78 is 0. The highest BCUT2D eigenvalue weighted by molar-refractivity contribution is 6.15. The van der Waals surface area contributed by atoms with Crippen molar-refractivity contribution in [2.24, 2.45) is 0 Å². The predicted molar refractivity (Wildman–Crippen MR) is 48.5 cm³/mol. The van der Waals surface area contributed by atoms with Crippen molar-refractivity contribution in [2.45, 2.75) is 25.7 Å². The smallest absolute Gasteiger partial charge is 0.0108 e. The summed E-state index contributed by atoms with van der Waals surface area (Å²) in [6, 6.07) is 0. The number of rotatable bonds is 0. The van der Waals surface area contributed by atoms with E-state index in [2.05, 4.69) is 35.9 Å². The molecule has 1 heteroatoms. The Hall–Kier alpha value is -0.230. The Bertz CT molecular complexity index is 77.3. The Morgan fingerprint density at radius 1 is 0.700 bits per heavy atom. The average Bonchev–Trinajstić information content (AvgIpc) is 1.90. The fourth-order valence-corrected chi connectivity index (χ4v) is 0.856. The molecule has 1 rings (SSSR count). The standard InChI is InChI=1S/C8H12.CH3Cl/c1-2-4-6-8-7-5-3-1;1-2/h1-2,7-8H,3-6H2;1H3. The molecule has 0 atom stereocenters. The van der Waals surface area contributed by atoms with Gasteiger partial charge in [-0.1, -0.05) is 24.3 Å². The van der Waals surface area contributed by atoms with Crippen LogP contribution in [0.15, 0.2) is 24.3 Å². The highest BCUT2D eigenvalue weighted by Crippen LogP contribution is 2.02. The zero-order chi connectivity index (χ0) is 7.66. The van der Waals surface area contributed by atoms with Crippen molar-refractivity contribution >= 4 is 11.6 Å². The van der Waals surface area contributed by atoms with Crippen molar-refractivity contribution in [2.75, 3.05) is 6.38 Å². The molecule has 1 aliphatic rings. The summed E-state index contributed by atoms with van der Waals surface area (Å²) in [4.78, 5) is 0. The van der Waals surface area contributed by atoms with Crippen LogP contribution in [0.3, 0.4) is 0 Å². The van der Waals surface area contributed by atoms with E-state index in [1.807, 2.05) is 0 Å². The number of hydrogen-bond acceptors (Lipinski definition) is 0. The van der Waals surface area contributed by atoms with E-state index in [1.54, 1.807) is 0 Å². The fourth-order valence-electron chi connectivity index (χ4n) is 0.856. The topological polar surface area (TPSA) is 0 Å². The molecule has 0 aliphatic heterocycles. The summed E-state index contributed by atoms with van der Waals surface area (Å²) in [7, 11) is 0. The lowest BCUT2D eigenvalue weighted by atomic mass is 10.1. The molecule has 0 bridgehead atoms. The zero-order valence-electron chi connectivity index (χ0n) is 6.52. The summed E-state index contributed by atoms with van der Waals surface area (Å²) in [6.07, 6.45) is 15.5. The maximum absolute atomic E-state index is 4.64. The molecule has 0 aromatic heterocycles. The van der Waals surface area contributed by atoms with Crippen LogP contribution < -0.4 is 0 Å². The van der Waals surface area contributed by atoms with Crippen LogP contribution in [-0.2, 0) is 0 Å². The van der Waals surface area contributed by atoms with E-state index in [4.69, 9.17) is 0 Å². The molecule has 58 valence electrons. The number of allylic oxidation sites excluding steroid dienone is 4. The van der Waals surface area contributed by atoms with Gasteiger partial charge in [-0.2, -0.15) is 0 Å².